The predicted octanol–water partition coefficient (Wildman–Crippen LogP) is 1.10. The van der Waals surface area contributed by atoms with Crippen LogP contribution in [0.1, 0.15) is 36.5 Å². The fourth-order valence-electron chi connectivity index (χ4n) is 2.90. The molecule has 0 aromatic carbocycles. The molecule has 1 saturated heterocycles. The lowest BCUT2D eigenvalue weighted by Crippen LogP contribution is -2.37. The third kappa shape index (κ3) is 2.27. The maximum atomic E-state index is 12.7. The van der Waals surface area contributed by atoms with Gasteiger partial charge in [-0.15, -0.1) is 0 Å². The van der Waals surface area contributed by atoms with Gasteiger partial charge in [-0.1, -0.05) is 0 Å². The molecule has 1 fully saturated rings. The highest BCUT2D eigenvalue weighted by atomic mass is 16.3. The summed E-state index contributed by atoms with van der Waals surface area (Å²) < 4.78 is 1.65. The fraction of sp³-hybridized carbons (Fsp3) is 0.500. The highest BCUT2D eigenvalue weighted by molar-refractivity contribution is 6.00. The topological polar surface area (TPSA) is 70.7 Å². The van der Waals surface area contributed by atoms with E-state index in [4.69, 9.17) is 0 Å². The number of carbonyl (C=O) groups is 1. The largest absolute Gasteiger partial charge is 0.393 e. The zero-order valence-corrected chi connectivity index (χ0v) is 11.4. The standard InChI is InChI=1S/C14H18N4O2/c1-10(19)7-11-3-2-5-17(11)14(20)12-8-16-18-6-4-15-9-13(12)18/h4,6,8-11,19H,2-3,5,7H2,1H3. The van der Waals surface area contributed by atoms with Crippen LogP contribution in [0.4, 0.5) is 0 Å². The van der Waals surface area contributed by atoms with E-state index >= 15 is 0 Å². The van der Waals surface area contributed by atoms with Crippen molar-refractivity contribution in [3.8, 4) is 0 Å². The molecule has 0 saturated carbocycles. The molecule has 2 aromatic heterocycles. The number of aliphatic hydroxyl groups is 1. The van der Waals surface area contributed by atoms with Crippen LogP contribution in [0.5, 0.6) is 0 Å². The van der Waals surface area contributed by atoms with Crippen molar-refractivity contribution in [3.05, 3.63) is 30.4 Å². The van der Waals surface area contributed by atoms with Gasteiger partial charge < -0.3 is 10.0 Å². The summed E-state index contributed by atoms with van der Waals surface area (Å²) in [5, 5.41) is 13.7. The summed E-state index contributed by atoms with van der Waals surface area (Å²) in [7, 11) is 0. The van der Waals surface area contributed by atoms with Crippen LogP contribution in [0, 0.1) is 0 Å². The average molecular weight is 274 g/mol. The Morgan fingerprint density at radius 3 is 3.20 bits per heavy atom. The minimum absolute atomic E-state index is 0.0175. The molecular weight excluding hydrogens is 256 g/mol. The Labute approximate surface area is 117 Å². The van der Waals surface area contributed by atoms with Gasteiger partial charge in [-0.2, -0.15) is 5.10 Å². The Bertz CT molecular complexity index is 622. The Hall–Kier alpha value is -1.95. The van der Waals surface area contributed by atoms with Gasteiger partial charge in [0, 0.05) is 25.0 Å². The average Bonchev–Trinajstić information content (AvgIpc) is 3.03. The SMILES string of the molecule is CC(O)CC1CCCN1C(=O)c1cnn2ccncc12. The van der Waals surface area contributed by atoms with E-state index < -0.39 is 0 Å². The third-order valence-corrected chi connectivity index (χ3v) is 3.81. The number of hydrogen-bond donors (Lipinski definition) is 1. The Morgan fingerprint density at radius 2 is 2.40 bits per heavy atom. The molecule has 6 nitrogen and oxygen atoms in total. The molecular formula is C14H18N4O2. The summed E-state index contributed by atoms with van der Waals surface area (Å²) in [6.45, 7) is 2.51. The van der Waals surface area contributed by atoms with E-state index in [-0.39, 0.29) is 18.1 Å². The number of fused-ring (bicyclic) bond motifs is 1. The third-order valence-electron chi connectivity index (χ3n) is 3.81. The van der Waals surface area contributed by atoms with Crippen molar-refractivity contribution in [1.29, 1.82) is 0 Å². The number of aromatic nitrogens is 3. The van der Waals surface area contributed by atoms with E-state index in [0.29, 0.717) is 12.0 Å². The molecule has 6 heteroatoms. The van der Waals surface area contributed by atoms with E-state index in [2.05, 4.69) is 10.1 Å². The van der Waals surface area contributed by atoms with Gasteiger partial charge in [-0.05, 0) is 26.2 Å². The van der Waals surface area contributed by atoms with Gasteiger partial charge in [0.25, 0.3) is 5.91 Å². The predicted molar refractivity (Wildman–Crippen MR) is 73.3 cm³/mol. The molecule has 0 bridgehead atoms. The number of amides is 1. The summed E-state index contributed by atoms with van der Waals surface area (Å²) in [6.07, 6.45) is 8.79. The molecule has 1 amide bonds. The molecule has 1 N–H and O–H groups in total. The maximum absolute atomic E-state index is 12.7. The van der Waals surface area contributed by atoms with Crippen molar-refractivity contribution in [2.45, 2.75) is 38.3 Å². The fourth-order valence-corrected chi connectivity index (χ4v) is 2.90. The number of carbonyl (C=O) groups excluding carboxylic acids is 1. The first-order valence-corrected chi connectivity index (χ1v) is 6.93. The van der Waals surface area contributed by atoms with E-state index in [1.807, 2.05) is 4.90 Å². The van der Waals surface area contributed by atoms with Crippen LogP contribution in [0.15, 0.2) is 24.8 Å². The lowest BCUT2D eigenvalue weighted by molar-refractivity contribution is 0.0684. The number of hydrogen-bond acceptors (Lipinski definition) is 4. The molecule has 3 rings (SSSR count). The van der Waals surface area contributed by atoms with Crippen LogP contribution in [-0.4, -0.2) is 49.2 Å². The molecule has 2 unspecified atom stereocenters. The van der Waals surface area contributed by atoms with Crippen LogP contribution in [0.2, 0.25) is 0 Å². The summed E-state index contributed by atoms with van der Waals surface area (Å²) in [5.41, 5.74) is 1.30. The molecule has 1 aliphatic rings. The normalized spacial score (nSPS) is 20.5. The first kappa shape index (κ1) is 13.1. The Morgan fingerprint density at radius 1 is 1.55 bits per heavy atom. The Kier molecular flexibility index (Phi) is 3.40. The number of aliphatic hydroxyl groups excluding tert-OH is 1. The molecule has 0 radical (unpaired) electrons. The van der Waals surface area contributed by atoms with Crippen molar-refractivity contribution in [2.75, 3.05) is 6.54 Å². The van der Waals surface area contributed by atoms with Crippen molar-refractivity contribution in [2.24, 2.45) is 0 Å². The smallest absolute Gasteiger partial charge is 0.258 e. The van der Waals surface area contributed by atoms with Crippen LogP contribution >= 0.6 is 0 Å². The van der Waals surface area contributed by atoms with E-state index in [1.54, 1.807) is 36.2 Å². The van der Waals surface area contributed by atoms with Crippen LogP contribution < -0.4 is 0 Å². The van der Waals surface area contributed by atoms with Gasteiger partial charge >= 0.3 is 0 Å². The van der Waals surface area contributed by atoms with E-state index in [1.165, 1.54) is 0 Å². The Balaban J connectivity index is 1.88. The number of rotatable bonds is 3. The molecule has 3 heterocycles. The second-order valence-corrected chi connectivity index (χ2v) is 5.34. The molecule has 0 spiro atoms. The van der Waals surface area contributed by atoms with Gasteiger partial charge in [0.2, 0.25) is 0 Å². The highest BCUT2D eigenvalue weighted by Gasteiger charge is 2.31. The summed E-state index contributed by atoms with van der Waals surface area (Å²) in [5.74, 6) is -0.0175. The van der Waals surface area contributed by atoms with Crippen molar-refractivity contribution >= 4 is 11.4 Å². The molecule has 1 aliphatic heterocycles. The quantitative estimate of drug-likeness (QED) is 0.910. The van der Waals surface area contributed by atoms with Gasteiger partial charge in [0.05, 0.1) is 29.6 Å². The van der Waals surface area contributed by atoms with Crippen LogP contribution in [0.25, 0.3) is 5.52 Å². The van der Waals surface area contributed by atoms with Gasteiger partial charge in [-0.25, -0.2) is 4.52 Å². The number of nitrogens with zero attached hydrogens (tertiary/aromatic N) is 4. The highest BCUT2D eigenvalue weighted by Crippen LogP contribution is 2.24. The lowest BCUT2D eigenvalue weighted by Gasteiger charge is -2.25. The molecule has 20 heavy (non-hydrogen) atoms. The minimum atomic E-state index is -0.390. The van der Waals surface area contributed by atoms with Crippen molar-refractivity contribution in [3.63, 3.8) is 0 Å². The first-order valence-electron chi connectivity index (χ1n) is 6.93. The zero-order chi connectivity index (χ0) is 14.1. The van der Waals surface area contributed by atoms with Crippen molar-refractivity contribution in [1.82, 2.24) is 19.5 Å². The van der Waals surface area contributed by atoms with Crippen LogP contribution in [0.3, 0.4) is 0 Å². The maximum Gasteiger partial charge on any atom is 0.258 e. The second-order valence-electron chi connectivity index (χ2n) is 5.34. The molecule has 106 valence electrons. The van der Waals surface area contributed by atoms with Gasteiger partial charge in [0.1, 0.15) is 0 Å². The van der Waals surface area contributed by atoms with Gasteiger partial charge in [-0.3, -0.25) is 9.78 Å². The van der Waals surface area contributed by atoms with Crippen LogP contribution in [-0.2, 0) is 0 Å². The monoisotopic (exact) mass is 274 g/mol. The summed E-state index contributed by atoms with van der Waals surface area (Å²) in [6, 6.07) is 0.120. The molecule has 0 aliphatic carbocycles. The molecule has 2 aromatic rings. The van der Waals surface area contributed by atoms with E-state index in [0.717, 1.165) is 24.9 Å². The number of likely N-dealkylation sites (tertiary alicyclic amines) is 1. The zero-order valence-electron chi connectivity index (χ0n) is 11.4. The molecule has 2 atom stereocenters. The minimum Gasteiger partial charge on any atom is -0.393 e. The summed E-state index contributed by atoms with van der Waals surface area (Å²) in [4.78, 5) is 18.6. The lowest BCUT2D eigenvalue weighted by atomic mass is 10.1. The first-order chi connectivity index (χ1) is 9.66. The van der Waals surface area contributed by atoms with Crippen molar-refractivity contribution < 1.29 is 9.90 Å². The van der Waals surface area contributed by atoms with Gasteiger partial charge in [0.15, 0.2) is 0 Å². The second kappa shape index (κ2) is 5.20. The van der Waals surface area contributed by atoms with E-state index in [9.17, 15) is 9.90 Å². The summed E-state index contributed by atoms with van der Waals surface area (Å²) >= 11 is 0.